The van der Waals surface area contributed by atoms with Crippen LogP contribution in [0.1, 0.15) is 6.92 Å². The first-order valence-electron chi connectivity index (χ1n) is 6.86. The van der Waals surface area contributed by atoms with Crippen LogP contribution in [0.25, 0.3) is 10.8 Å². The molecule has 118 valence electrons. The number of hydrogen-bond acceptors (Lipinski definition) is 6. The first-order chi connectivity index (χ1) is 10.4. The predicted molar refractivity (Wildman–Crippen MR) is 83.9 cm³/mol. The van der Waals surface area contributed by atoms with Crippen molar-refractivity contribution in [3.63, 3.8) is 0 Å². The van der Waals surface area contributed by atoms with Gasteiger partial charge in [0.25, 0.3) is 5.69 Å². The highest BCUT2D eigenvalue weighted by Crippen LogP contribution is 2.33. The third-order valence-electron chi connectivity index (χ3n) is 3.76. The van der Waals surface area contributed by atoms with E-state index in [0.29, 0.717) is 17.3 Å². The summed E-state index contributed by atoms with van der Waals surface area (Å²) in [7, 11) is 1.82. The lowest BCUT2D eigenvalue weighted by Crippen LogP contribution is -2.39. The summed E-state index contributed by atoms with van der Waals surface area (Å²) in [6.07, 6.45) is 3.06. The molecule has 2 N–H and O–H groups in total. The van der Waals surface area contributed by atoms with Crippen LogP contribution < -0.4 is 4.90 Å². The molecule has 0 fully saturated rings. The Hall–Kier alpha value is -2.25. The summed E-state index contributed by atoms with van der Waals surface area (Å²) in [4.78, 5) is 16.5. The molecule has 7 nitrogen and oxygen atoms in total. The van der Waals surface area contributed by atoms with E-state index in [1.807, 2.05) is 11.9 Å². The van der Waals surface area contributed by atoms with Crippen LogP contribution in [-0.4, -0.2) is 46.9 Å². The SMILES string of the molecule is CN(CC(C)(CO)CO)c1ccc([N+](=O)[O-])c2cnccc12. The normalized spacial score (nSPS) is 11.6. The van der Waals surface area contributed by atoms with Gasteiger partial charge >= 0.3 is 0 Å². The lowest BCUT2D eigenvalue weighted by Gasteiger charge is -2.32. The van der Waals surface area contributed by atoms with Crippen LogP contribution in [0.2, 0.25) is 0 Å². The molecule has 22 heavy (non-hydrogen) atoms. The summed E-state index contributed by atoms with van der Waals surface area (Å²) in [5, 5.41) is 31.1. The molecule has 0 bridgehead atoms. The fraction of sp³-hybridized carbons (Fsp3) is 0.400. The molecule has 1 aromatic carbocycles. The average Bonchev–Trinajstić information content (AvgIpc) is 2.53. The number of fused-ring (bicyclic) bond motifs is 1. The minimum atomic E-state index is -0.657. The molecule has 0 saturated carbocycles. The molecule has 0 spiro atoms. The Kier molecular flexibility index (Phi) is 4.58. The number of aliphatic hydroxyl groups excluding tert-OH is 2. The van der Waals surface area contributed by atoms with Crippen molar-refractivity contribution in [3.05, 3.63) is 40.7 Å². The van der Waals surface area contributed by atoms with Gasteiger partial charge < -0.3 is 15.1 Å². The lowest BCUT2D eigenvalue weighted by molar-refractivity contribution is -0.383. The number of benzene rings is 1. The number of anilines is 1. The maximum Gasteiger partial charge on any atom is 0.278 e. The minimum absolute atomic E-state index is 0.00679. The van der Waals surface area contributed by atoms with Crippen molar-refractivity contribution in [2.45, 2.75) is 6.92 Å². The number of aromatic nitrogens is 1. The predicted octanol–water partition coefficient (Wildman–Crippen LogP) is 1.57. The second-order valence-electron chi connectivity index (χ2n) is 5.77. The molecular formula is C15H19N3O4. The van der Waals surface area contributed by atoms with Crippen LogP contribution in [-0.2, 0) is 0 Å². The van der Waals surface area contributed by atoms with Crippen LogP contribution in [0, 0.1) is 15.5 Å². The number of nitro groups is 1. The van der Waals surface area contributed by atoms with Crippen molar-refractivity contribution in [2.24, 2.45) is 5.41 Å². The van der Waals surface area contributed by atoms with Gasteiger partial charge in [-0.15, -0.1) is 0 Å². The van der Waals surface area contributed by atoms with Gasteiger partial charge in [-0.3, -0.25) is 15.1 Å². The summed E-state index contributed by atoms with van der Waals surface area (Å²) >= 11 is 0. The van der Waals surface area contributed by atoms with Crippen molar-refractivity contribution >= 4 is 22.1 Å². The topological polar surface area (TPSA) is 99.7 Å². The Balaban J connectivity index is 2.48. The molecule has 0 aliphatic rings. The van der Waals surface area contributed by atoms with Crippen LogP contribution >= 0.6 is 0 Å². The maximum atomic E-state index is 11.1. The second-order valence-corrected chi connectivity index (χ2v) is 5.77. The average molecular weight is 305 g/mol. The summed E-state index contributed by atoms with van der Waals surface area (Å²) < 4.78 is 0. The van der Waals surface area contributed by atoms with E-state index in [-0.39, 0.29) is 18.9 Å². The van der Waals surface area contributed by atoms with Crippen LogP contribution in [0.15, 0.2) is 30.6 Å². The maximum absolute atomic E-state index is 11.1. The minimum Gasteiger partial charge on any atom is -0.396 e. The summed E-state index contributed by atoms with van der Waals surface area (Å²) in [6, 6.07) is 4.85. The molecule has 0 atom stereocenters. The number of pyridine rings is 1. The van der Waals surface area contributed by atoms with Gasteiger partial charge in [0, 0.05) is 48.5 Å². The fourth-order valence-electron chi connectivity index (χ4n) is 2.46. The van der Waals surface area contributed by atoms with E-state index in [0.717, 1.165) is 5.69 Å². The Bertz CT molecular complexity index is 686. The smallest absolute Gasteiger partial charge is 0.278 e. The van der Waals surface area contributed by atoms with Gasteiger partial charge in [-0.2, -0.15) is 0 Å². The molecule has 1 aromatic heterocycles. The monoisotopic (exact) mass is 305 g/mol. The largest absolute Gasteiger partial charge is 0.396 e. The van der Waals surface area contributed by atoms with Crippen molar-refractivity contribution in [2.75, 3.05) is 31.7 Å². The number of aliphatic hydroxyl groups is 2. The first-order valence-corrected chi connectivity index (χ1v) is 6.86. The highest BCUT2D eigenvalue weighted by atomic mass is 16.6. The third-order valence-corrected chi connectivity index (χ3v) is 3.76. The molecule has 2 aromatic rings. The van der Waals surface area contributed by atoms with E-state index in [4.69, 9.17) is 0 Å². The van der Waals surface area contributed by atoms with Gasteiger partial charge in [0.1, 0.15) is 0 Å². The molecule has 0 amide bonds. The zero-order valence-electron chi connectivity index (χ0n) is 12.6. The second kappa shape index (κ2) is 6.25. The van der Waals surface area contributed by atoms with Crippen LogP contribution in [0.3, 0.4) is 0 Å². The van der Waals surface area contributed by atoms with E-state index in [9.17, 15) is 20.3 Å². The third kappa shape index (κ3) is 3.00. The van der Waals surface area contributed by atoms with Crippen LogP contribution in [0.4, 0.5) is 11.4 Å². The van der Waals surface area contributed by atoms with E-state index in [2.05, 4.69) is 4.98 Å². The lowest BCUT2D eigenvalue weighted by atomic mass is 9.92. The highest BCUT2D eigenvalue weighted by molar-refractivity contribution is 5.99. The van der Waals surface area contributed by atoms with E-state index in [1.165, 1.54) is 12.3 Å². The van der Waals surface area contributed by atoms with Gasteiger partial charge in [0.15, 0.2) is 0 Å². The quantitative estimate of drug-likeness (QED) is 0.621. The van der Waals surface area contributed by atoms with E-state index >= 15 is 0 Å². The van der Waals surface area contributed by atoms with Crippen molar-refractivity contribution in [1.29, 1.82) is 0 Å². The summed E-state index contributed by atoms with van der Waals surface area (Å²) in [5.41, 5.74) is 0.138. The summed E-state index contributed by atoms with van der Waals surface area (Å²) in [5.74, 6) is 0. The molecule has 0 aliphatic heterocycles. The van der Waals surface area contributed by atoms with Gasteiger partial charge in [-0.05, 0) is 12.1 Å². The molecule has 0 radical (unpaired) electrons. The number of non-ortho nitro benzene ring substituents is 1. The van der Waals surface area contributed by atoms with Gasteiger partial charge in [0.2, 0.25) is 0 Å². The van der Waals surface area contributed by atoms with E-state index < -0.39 is 10.3 Å². The van der Waals surface area contributed by atoms with Crippen LogP contribution in [0.5, 0.6) is 0 Å². The molecular weight excluding hydrogens is 286 g/mol. The Labute approximate surface area is 128 Å². The fourth-order valence-corrected chi connectivity index (χ4v) is 2.46. The Morgan fingerprint density at radius 2 is 1.95 bits per heavy atom. The summed E-state index contributed by atoms with van der Waals surface area (Å²) in [6.45, 7) is 1.88. The Morgan fingerprint density at radius 1 is 1.27 bits per heavy atom. The zero-order valence-corrected chi connectivity index (χ0v) is 12.6. The van der Waals surface area contributed by atoms with Crippen molar-refractivity contribution < 1.29 is 15.1 Å². The van der Waals surface area contributed by atoms with Gasteiger partial charge in [-0.1, -0.05) is 6.92 Å². The standard InChI is InChI=1S/C15H19N3O4/c1-15(9-19,10-20)8-17(2)13-3-4-14(18(21)22)12-7-16-6-5-11(12)13/h3-7,19-20H,8-10H2,1-2H3. The molecule has 0 aliphatic carbocycles. The van der Waals surface area contributed by atoms with E-state index in [1.54, 1.807) is 25.3 Å². The van der Waals surface area contributed by atoms with Gasteiger partial charge in [-0.25, -0.2) is 0 Å². The first kappa shape index (κ1) is 16.1. The van der Waals surface area contributed by atoms with Crippen molar-refractivity contribution in [3.8, 4) is 0 Å². The highest BCUT2D eigenvalue weighted by Gasteiger charge is 2.26. The Morgan fingerprint density at radius 3 is 2.55 bits per heavy atom. The van der Waals surface area contributed by atoms with Crippen molar-refractivity contribution in [1.82, 2.24) is 4.98 Å². The molecule has 0 unspecified atom stereocenters. The molecule has 0 saturated heterocycles. The number of rotatable bonds is 6. The zero-order chi connectivity index (χ0) is 16.3. The number of nitro benzene ring substituents is 1. The molecule has 1 heterocycles. The molecule has 7 heteroatoms. The van der Waals surface area contributed by atoms with Gasteiger partial charge in [0.05, 0.1) is 23.5 Å². The molecule has 2 rings (SSSR count). The number of hydrogen-bond donors (Lipinski definition) is 2. The number of nitrogens with zero attached hydrogens (tertiary/aromatic N) is 3.